The third kappa shape index (κ3) is 3.42. The summed E-state index contributed by atoms with van der Waals surface area (Å²) in [6.07, 6.45) is -2.76. The second-order valence-electron chi connectivity index (χ2n) is 4.58. The number of piperidine rings is 1. The lowest BCUT2D eigenvalue weighted by molar-refractivity contribution is -0.226. The SMILES string of the molecule is O=C(OCc1ccccc1)N1CCC(O)(O)C(F)C1. The number of aliphatic hydroxyl groups is 2. The van der Waals surface area contributed by atoms with Gasteiger partial charge in [0.25, 0.3) is 0 Å². The van der Waals surface area contributed by atoms with Gasteiger partial charge in [-0.25, -0.2) is 9.18 Å². The summed E-state index contributed by atoms with van der Waals surface area (Å²) >= 11 is 0. The zero-order valence-corrected chi connectivity index (χ0v) is 10.3. The minimum absolute atomic E-state index is 0.0566. The largest absolute Gasteiger partial charge is 0.445 e. The van der Waals surface area contributed by atoms with Crippen molar-refractivity contribution in [3.05, 3.63) is 35.9 Å². The maximum Gasteiger partial charge on any atom is 0.410 e. The summed E-state index contributed by atoms with van der Waals surface area (Å²) in [5.41, 5.74) is 0.836. The first-order valence-corrected chi connectivity index (χ1v) is 6.03. The average molecular weight is 269 g/mol. The third-order valence-corrected chi connectivity index (χ3v) is 3.10. The Labute approximate surface area is 110 Å². The molecular formula is C13H16FNO4. The van der Waals surface area contributed by atoms with Crippen LogP contribution >= 0.6 is 0 Å². The molecule has 0 aromatic heterocycles. The van der Waals surface area contributed by atoms with E-state index in [-0.39, 0.29) is 26.1 Å². The van der Waals surface area contributed by atoms with Crippen LogP contribution in [0.15, 0.2) is 30.3 Å². The number of carbonyl (C=O) groups is 1. The van der Waals surface area contributed by atoms with Gasteiger partial charge in [0.2, 0.25) is 0 Å². The molecule has 0 aliphatic carbocycles. The van der Waals surface area contributed by atoms with Gasteiger partial charge in [0, 0.05) is 13.0 Å². The van der Waals surface area contributed by atoms with E-state index >= 15 is 0 Å². The maximum absolute atomic E-state index is 13.4. The van der Waals surface area contributed by atoms with E-state index in [1.54, 1.807) is 0 Å². The van der Waals surface area contributed by atoms with E-state index in [2.05, 4.69) is 0 Å². The summed E-state index contributed by atoms with van der Waals surface area (Å²) in [5, 5.41) is 18.5. The number of ether oxygens (including phenoxy) is 1. The van der Waals surface area contributed by atoms with Crippen molar-refractivity contribution in [2.75, 3.05) is 13.1 Å². The van der Waals surface area contributed by atoms with E-state index in [4.69, 9.17) is 4.74 Å². The molecule has 0 spiro atoms. The smallest absolute Gasteiger partial charge is 0.410 e. The number of carbonyl (C=O) groups excluding carboxylic acids is 1. The minimum atomic E-state index is -2.35. The van der Waals surface area contributed by atoms with Gasteiger partial charge in [0.15, 0.2) is 12.0 Å². The Morgan fingerprint density at radius 3 is 2.74 bits per heavy atom. The normalized spacial score (nSPS) is 22.1. The van der Waals surface area contributed by atoms with Crippen LogP contribution in [0.5, 0.6) is 0 Å². The molecule has 2 rings (SSSR count). The molecule has 0 saturated carbocycles. The van der Waals surface area contributed by atoms with Gasteiger partial charge in [0.1, 0.15) is 6.61 Å². The van der Waals surface area contributed by atoms with Gasteiger partial charge in [-0.05, 0) is 5.56 Å². The molecule has 0 bridgehead atoms. The lowest BCUT2D eigenvalue weighted by Gasteiger charge is -2.36. The van der Waals surface area contributed by atoms with Crippen LogP contribution in [0.2, 0.25) is 0 Å². The standard InChI is InChI=1S/C13H16FNO4/c14-11-8-15(7-6-13(11,17)18)12(16)19-9-10-4-2-1-3-5-10/h1-5,11,17-18H,6-9H2. The van der Waals surface area contributed by atoms with E-state index in [0.717, 1.165) is 10.5 Å². The first-order valence-electron chi connectivity index (χ1n) is 6.03. The second kappa shape index (κ2) is 5.54. The predicted molar refractivity (Wildman–Crippen MR) is 64.9 cm³/mol. The first kappa shape index (κ1) is 13.8. The van der Waals surface area contributed by atoms with E-state index < -0.39 is 18.1 Å². The number of hydrogen-bond donors (Lipinski definition) is 2. The Bertz CT molecular complexity index is 438. The predicted octanol–water partition coefficient (Wildman–Crippen LogP) is 1.05. The number of nitrogens with zero attached hydrogens (tertiary/aromatic N) is 1. The molecule has 1 atom stereocenters. The lowest BCUT2D eigenvalue weighted by atomic mass is 10.0. The van der Waals surface area contributed by atoms with Gasteiger partial charge >= 0.3 is 6.09 Å². The van der Waals surface area contributed by atoms with Crippen molar-refractivity contribution in [2.24, 2.45) is 0 Å². The zero-order valence-electron chi connectivity index (χ0n) is 10.3. The van der Waals surface area contributed by atoms with Crippen LogP contribution in [0.4, 0.5) is 9.18 Å². The van der Waals surface area contributed by atoms with Crippen LogP contribution in [-0.2, 0) is 11.3 Å². The second-order valence-corrected chi connectivity index (χ2v) is 4.58. The Hall–Kier alpha value is -1.66. The fourth-order valence-electron chi connectivity index (χ4n) is 1.86. The first-order chi connectivity index (χ1) is 8.99. The van der Waals surface area contributed by atoms with Crippen molar-refractivity contribution in [1.29, 1.82) is 0 Å². The van der Waals surface area contributed by atoms with Gasteiger partial charge in [0.05, 0.1) is 6.54 Å². The minimum Gasteiger partial charge on any atom is -0.445 e. The monoisotopic (exact) mass is 269 g/mol. The van der Waals surface area contributed by atoms with Gasteiger partial charge in [-0.1, -0.05) is 30.3 Å². The number of benzene rings is 1. The van der Waals surface area contributed by atoms with Crippen LogP contribution in [0.25, 0.3) is 0 Å². The number of hydrogen-bond acceptors (Lipinski definition) is 4. The van der Waals surface area contributed by atoms with Crippen LogP contribution in [0, 0.1) is 0 Å². The molecule has 6 heteroatoms. The van der Waals surface area contributed by atoms with E-state index in [0.29, 0.717) is 0 Å². The molecule has 1 saturated heterocycles. The van der Waals surface area contributed by atoms with Crippen molar-refractivity contribution < 1.29 is 24.1 Å². The summed E-state index contributed by atoms with van der Waals surface area (Å²) in [7, 11) is 0. The molecule has 104 valence electrons. The van der Waals surface area contributed by atoms with Crippen LogP contribution < -0.4 is 0 Å². The summed E-state index contributed by atoms with van der Waals surface area (Å²) in [6.45, 7) is -0.210. The van der Waals surface area contributed by atoms with Gasteiger partial charge < -0.3 is 19.8 Å². The molecule has 5 nitrogen and oxygen atoms in total. The Morgan fingerprint density at radius 1 is 1.42 bits per heavy atom. The Morgan fingerprint density at radius 2 is 2.11 bits per heavy atom. The van der Waals surface area contributed by atoms with Crippen LogP contribution in [0.3, 0.4) is 0 Å². The number of amides is 1. The van der Waals surface area contributed by atoms with Crippen LogP contribution in [0.1, 0.15) is 12.0 Å². The van der Waals surface area contributed by atoms with Crippen molar-refractivity contribution >= 4 is 6.09 Å². The van der Waals surface area contributed by atoms with Gasteiger partial charge in [-0.15, -0.1) is 0 Å². The number of alkyl halides is 1. The molecule has 1 aromatic carbocycles. The number of halogens is 1. The van der Waals surface area contributed by atoms with Gasteiger partial charge in [-0.3, -0.25) is 0 Å². The highest BCUT2D eigenvalue weighted by Gasteiger charge is 2.42. The third-order valence-electron chi connectivity index (χ3n) is 3.10. The Kier molecular flexibility index (Phi) is 4.01. The van der Waals surface area contributed by atoms with Crippen molar-refractivity contribution in [2.45, 2.75) is 25.0 Å². The highest BCUT2D eigenvalue weighted by Crippen LogP contribution is 2.23. The molecule has 1 aliphatic rings. The van der Waals surface area contributed by atoms with Crippen molar-refractivity contribution in [1.82, 2.24) is 4.90 Å². The fraction of sp³-hybridized carbons (Fsp3) is 0.462. The quantitative estimate of drug-likeness (QED) is 0.787. The summed E-state index contributed by atoms with van der Waals surface area (Å²) in [4.78, 5) is 12.8. The Balaban J connectivity index is 1.84. The molecule has 2 N–H and O–H groups in total. The molecule has 1 unspecified atom stereocenters. The molecule has 1 amide bonds. The molecule has 1 aliphatic heterocycles. The van der Waals surface area contributed by atoms with Crippen LogP contribution in [-0.4, -0.2) is 46.3 Å². The van der Waals surface area contributed by atoms with E-state index in [1.807, 2.05) is 30.3 Å². The topological polar surface area (TPSA) is 70.0 Å². The van der Waals surface area contributed by atoms with Crippen molar-refractivity contribution in [3.63, 3.8) is 0 Å². The number of likely N-dealkylation sites (tertiary alicyclic amines) is 1. The fourth-order valence-corrected chi connectivity index (χ4v) is 1.86. The molecular weight excluding hydrogens is 253 g/mol. The van der Waals surface area contributed by atoms with E-state index in [9.17, 15) is 19.4 Å². The maximum atomic E-state index is 13.4. The number of rotatable bonds is 2. The summed E-state index contributed by atoms with van der Waals surface area (Å²) < 4.78 is 18.4. The molecule has 0 radical (unpaired) electrons. The summed E-state index contributed by atoms with van der Waals surface area (Å²) in [6, 6.07) is 9.13. The van der Waals surface area contributed by atoms with Gasteiger partial charge in [-0.2, -0.15) is 0 Å². The highest BCUT2D eigenvalue weighted by molar-refractivity contribution is 5.67. The molecule has 1 heterocycles. The molecule has 1 fully saturated rings. The lowest BCUT2D eigenvalue weighted by Crippen LogP contribution is -2.55. The molecule has 1 aromatic rings. The average Bonchev–Trinajstić information content (AvgIpc) is 2.40. The summed E-state index contributed by atoms with van der Waals surface area (Å²) in [5.74, 6) is -2.35. The molecule has 19 heavy (non-hydrogen) atoms. The van der Waals surface area contributed by atoms with Crippen molar-refractivity contribution in [3.8, 4) is 0 Å². The van der Waals surface area contributed by atoms with E-state index in [1.165, 1.54) is 0 Å². The zero-order chi connectivity index (χ0) is 13.9. The highest BCUT2D eigenvalue weighted by atomic mass is 19.1.